The Hall–Kier alpha value is -1.76. The van der Waals surface area contributed by atoms with Crippen LogP contribution in [0, 0.1) is 6.92 Å². The van der Waals surface area contributed by atoms with Crippen LogP contribution in [0.25, 0.3) is 0 Å². The van der Waals surface area contributed by atoms with Crippen molar-refractivity contribution >= 4 is 11.6 Å². The third kappa shape index (κ3) is 4.50. The van der Waals surface area contributed by atoms with E-state index in [0.717, 1.165) is 42.9 Å². The largest absolute Gasteiger partial charge is 0.573 e. The molecule has 0 radical (unpaired) electrons. The summed E-state index contributed by atoms with van der Waals surface area (Å²) in [7, 11) is 0. The van der Waals surface area contributed by atoms with Gasteiger partial charge in [0.1, 0.15) is 5.75 Å². The lowest BCUT2D eigenvalue weighted by molar-refractivity contribution is -0.274. The minimum Gasteiger partial charge on any atom is -0.406 e. The Labute approximate surface area is 155 Å². The van der Waals surface area contributed by atoms with Crippen molar-refractivity contribution in [2.75, 3.05) is 26.2 Å². The Morgan fingerprint density at radius 1 is 1.08 bits per heavy atom. The van der Waals surface area contributed by atoms with Gasteiger partial charge in [0.15, 0.2) is 0 Å². The fraction of sp³-hybridized carbons (Fsp3) is 0.368. The summed E-state index contributed by atoms with van der Waals surface area (Å²) in [6, 6.07) is 11.7. The summed E-state index contributed by atoms with van der Waals surface area (Å²) in [4.78, 5) is 2.30. The summed E-state index contributed by atoms with van der Waals surface area (Å²) < 4.78 is 41.2. The van der Waals surface area contributed by atoms with Gasteiger partial charge in [0.05, 0.1) is 6.04 Å². The van der Waals surface area contributed by atoms with Crippen molar-refractivity contribution in [1.29, 1.82) is 0 Å². The first-order valence-corrected chi connectivity index (χ1v) is 8.78. The maximum Gasteiger partial charge on any atom is 0.573 e. The van der Waals surface area contributed by atoms with Crippen molar-refractivity contribution < 1.29 is 17.9 Å². The smallest absolute Gasteiger partial charge is 0.406 e. The van der Waals surface area contributed by atoms with Gasteiger partial charge in [0, 0.05) is 31.2 Å². The third-order valence-electron chi connectivity index (χ3n) is 4.49. The molecule has 0 aromatic heterocycles. The monoisotopic (exact) mass is 384 g/mol. The van der Waals surface area contributed by atoms with Crippen LogP contribution in [0.4, 0.5) is 13.2 Å². The van der Waals surface area contributed by atoms with E-state index in [1.807, 2.05) is 25.1 Å². The highest BCUT2D eigenvalue weighted by Crippen LogP contribution is 2.36. The van der Waals surface area contributed by atoms with E-state index in [4.69, 9.17) is 11.6 Å². The van der Waals surface area contributed by atoms with Crippen LogP contribution in [-0.4, -0.2) is 37.4 Å². The number of ether oxygens (including phenoxy) is 1. The normalized spacial score (nSPS) is 17.1. The molecule has 1 saturated heterocycles. The van der Waals surface area contributed by atoms with Gasteiger partial charge in [-0.3, -0.25) is 4.90 Å². The van der Waals surface area contributed by atoms with Crippen LogP contribution in [0.2, 0.25) is 5.02 Å². The SMILES string of the molecule is Cc1cccc(Cl)c1[C@@H](c1ccc(OC(F)(F)F)cc1)N1CCNCC1. The number of halogens is 4. The van der Waals surface area contributed by atoms with E-state index in [2.05, 4.69) is 15.0 Å². The van der Waals surface area contributed by atoms with E-state index in [-0.39, 0.29) is 11.8 Å². The van der Waals surface area contributed by atoms with E-state index in [0.29, 0.717) is 5.02 Å². The summed E-state index contributed by atoms with van der Waals surface area (Å²) in [6.45, 7) is 5.37. The molecule has 0 amide bonds. The van der Waals surface area contributed by atoms with Crippen molar-refractivity contribution in [3.05, 3.63) is 64.2 Å². The van der Waals surface area contributed by atoms with Gasteiger partial charge in [0.2, 0.25) is 0 Å². The maximum atomic E-state index is 12.4. The van der Waals surface area contributed by atoms with Crippen molar-refractivity contribution in [1.82, 2.24) is 10.2 Å². The van der Waals surface area contributed by atoms with E-state index in [9.17, 15) is 13.2 Å². The van der Waals surface area contributed by atoms with E-state index >= 15 is 0 Å². The van der Waals surface area contributed by atoms with Crippen LogP contribution in [0.15, 0.2) is 42.5 Å². The summed E-state index contributed by atoms with van der Waals surface area (Å²) in [5.41, 5.74) is 2.93. The standard InChI is InChI=1S/C19H20ClF3N2O/c1-13-3-2-4-16(20)17(13)18(25-11-9-24-10-12-25)14-5-7-15(8-6-14)26-19(21,22)23/h2-8,18,24H,9-12H2,1H3/t18-/m1/s1. The summed E-state index contributed by atoms with van der Waals surface area (Å²) in [5, 5.41) is 3.97. The molecule has 1 N–H and O–H groups in total. The zero-order chi connectivity index (χ0) is 18.7. The van der Waals surface area contributed by atoms with Crippen LogP contribution in [0.3, 0.4) is 0 Å². The Morgan fingerprint density at radius 3 is 2.31 bits per heavy atom. The topological polar surface area (TPSA) is 24.5 Å². The predicted octanol–water partition coefficient (Wildman–Crippen LogP) is 4.54. The molecule has 1 aliphatic rings. The molecular weight excluding hydrogens is 365 g/mol. The number of rotatable bonds is 4. The second-order valence-electron chi connectivity index (χ2n) is 6.28. The van der Waals surface area contributed by atoms with Crippen LogP contribution in [-0.2, 0) is 0 Å². The number of alkyl halides is 3. The summed E-state index contributed by atoms with van der Waals surface area (Å²) >= 11 is 6.50. The average molecular weight is 385 g/mol. The van der Waals surface area contributed by atoms with Gasteiger partial charge in [-0.15, -0.1) is 13.2 Å². The quantitative estimate of drug-likeness (QED) is 0.837. The van der Waals surface area contributed by atoms with Gasteiger partial charge >= 0.3 is 6.36 Å². The number of hydrogen-bond acceptors (Lipinski definition) is 3. The second kappa shape index (κ2) is 7.86. The first-order valence-electron chi connectivity index (χ1n) is 8.40. The van der Waals surface area contributed by atoms with Crippen LogP contribution < -0.4 is 10.1 Å². The molecule has 0 unspecified atom stereocenters. The van der Waals surface area contributed by atoms with Crippen LogP contribution >= 0.6 is 11.6 Å². The zero-order valence-corrected chi connectivity index (χ0v) is 15.1. The molecule has 2 aromatic carbocycles. The number of aryl methyl sites for hydroxylation is 1. The molecule has 0 bridgehead atoms. The van der Waals surface area contributed by atoms with Gasteiger partial charge < -0.3 is 10.1 Å². The number of piperazine rings is 1. The minimum atomic E-state index is -4.70. The fourth-order valence-electron chi connectivity index (χ4n) is 3.34. The van der Waals surface area contributed by atoms with Crippen molar-refractivity contribution in [3.63, 3.8) is 0 Å². The van der Waals surface area contributed by atoms with Gasteiger partial charge in [0.25, 0.3) is 0 Å². The number of hydrogen-bond donors (Lipinski definition) is 1. The zero-order valence-electron chi connectivity index (χ0n) is 14.3. The first-order chi connectivity index (χ1) is 12.3. The molecule has 1 fully saturated rings. The molecule has 1 atom stereocenters. The summed E-state index contributed by atoms with van der Waals surface area (Å²) in [5.74, 6) is -0.226. The molecule has 2 aromatic rings. The van der Waals surface area contributed by atoms with Crippen molar-refractivity contribution in [3.8, 4) is 5.75 Å². The Kier molecular flexibility index (Phi) is 5.75. The molecular formula is C19H20ClF3N2O. The maximum absolute atomic E-state index is 12.4. The predicted molar refractivity (Wildman–Crippen MR) is 95.6 cm³/mol. The van der Waals surface area contributed by atoms with E-state index in [1.54, 1.807) is 12.1 Å². The highest BCUT2D eigenvalue weighted by molar-refractivity contribution is 6.31. The van der Waals surface area contributed by atoms with Gasteiger partial charge in [-0.25, -0.2) is 0 Å². The van der Waals surface area contributed by atoms with Crippen LogP contribution in [0.1, 0.15) is 22.7 Å². The minimum absolute atomic E-state index is 0.120. The Bertz CT molecular complexity index is 723. The summed E-state index contributed by atoms with van der Waals surface area (Å²) in [6.07, 6.45) is -4.70. The lowest BCUT2D eigenvalue weighted by Crippen LogP contribution is -2.45. The molecule has 140 valence electrons. The number of benzene rings is 2. The number of nitrogens with zero attached hydrogens (tertiary/aromatic N) is 1. The number of nitrogens with one attached hydrogen (secondary N) is 1. The molecule has 7 heteroatoms. The van der Waals surface area contributed by atoms with E-state index < -0.39 is 6.36 Å². The average Bonchev–Trinajstić information content (AvgIpc) is 2.59. The highest BCUT2D eigenvalue weighted by atomic mass is 35.5. The first kappa shape index (κ1) is 19.0. The van der Waals surface area contributed by atoms with Gasteiger partial charge in [-0.05, 0) is 41.8 Å². The van der Waals surface area contributed by atoms with E-state index in [1.165, 1.54) is 12.1 Å². The third-order valence-corrected chi connectivity index (χ3v) is 4.82. The lowest BCUT2D eigenvalue weighted by atomic mass is 9.93. The molecule has 0 saturated carbocycles. The molecule has 1 heterocycles. The van der Waals surface area contributed by atoms with Crippen molar-refractivity contribution in [2.24, 2.45) is 0 Å². The van der Waals surface area contributed by atoms with Gasteiger partial charge in [-0.2, -0.15) is 0 Å². The molecule has 3 nitrogen and oxygen atoms in total. The molecule has 26 heavy (non-hydrogen) atoms. The van der Waals surface area contributed by atoms with Crippen LogP contribution in [0.5, 0.6) is 5.75 Å². The Morgan fingerprint density at radius 2 is 1.73 bits per heavy atom. The molecule has 1 aliphatic heterocycles. The molecule has 3 rings (SSSR count). The molecule has 0 spiro atoms. The second-order valence-corrected chi connectivity index (χ2v) is 6.68. The lowest BCUT2D eigenvalue weighted by Gasteiger charge is -2.36. The fourth-order valence-corrected chi connectivity index (χ4v) is 3.67. The molecule has 0 aliphatic carbocycles. The highest BCUT2D eigenvalue weighted by Gasteiger charge is 2.31. The Balaban J connectivity index is 1.98. The van der Waals surface area contributed by atoms with Crippen molar-refractivity contribution in [2.45, 2.75) is 19.3 Å². The van der Waals surface area contributed by atoms with Gasteiger partial charge in [-0.1, -0.05) is 35.9 Å².